The average Bonchev–Trinajstić information content (AvgIpc) is 1.98. The number of carboxylic acids is 1. The summed E-state index contributed by atoms with van der Waals surface area (Å²) in [6, 6.07) is 0. The SMILES string of the molecule is C=C(CC=C(C)C(C)C)C(=O)O. The maximum atomic E-state index is 10.4. The fourth-order valence-electron chi connectivity index (χ4n) is 0.607. The van der Waals surface area contributed by atoms with E-state index in [1.165, 1.54) is 5.57 Å². The molecular weight excluding hydrogens is 152 g/mol. The summed E-state index contributed by atoms with van der Waals surface area (Å²) in [6.45, 7) is 9.60. The monoisotopic (exact) mass is 168 g/mol. The van der Waals surface area contributed by atoms with Crippen LogP contribution in [-0.4, -0.2) is 11.1 Å². The van der Waals surface area contributed by atoms with E-state index in [-0.39, 0.29) is 5.57 Å². The molecule has 12 heavy (non-hydrogen) atoms. The van der Waals surface area contributed by atoms with E-state index in [4.69, 9.17) is 5.11 Å². The third-order valence-corrected chi connectivity index (χ3v) is 1.88. The molecule has 0 aliphatic rings. The first-order chi connectivity index (χ1) is 5.45. The Morgan fingerprint density at radius 1 is 1.58 bits per heavy atom. The summed E-state index contributed by atoms with van der Waals surface area (Å²) in [5, 5.41) is 8.50. The second-order valence-electron chi connectivity index (χ2n) is 3.22. The number of hydrogen-bond acceptors (Lipinski definition) is 1. The van der Waals surface area contributed by atoms with Gasteiger partial charge >= 0.3 is 5.97 Å². The number of allylic oxidation sites excluding steroid dienone is 2. The van der Waals surface area contributed by atoms with Crippen molar-refractivity contribution in [2.75, 3.05) is 0 Å². The second-order valence-corrected chi connectivity index (χ2v) is 3.22. The van der Waals surface area contributed by atoms with Gasteiger partial charge in [-0.2, -0.15) is 0 Å². The number of carboxylic acid groups (broad SMARTS) is 1. The molecule has 0 aliphatic carbocycles. The van der Waals surface area contributed by atoms with Crippen molar-refractivity contribution >= 4 is 5.97 Å². The molecule has 0 aromatic rings. The van der Waals surface area contributed by atoms with E-state index in [1.54, 1.807) is 0 Å². The highest BCUT2D eigenvalue weighted by molar-refractivity contribution is 5.86. The minimum Gasteiger partial charge on any atom is -0.478 e. The molecule has 0 radical (unpaired) electrons. The molecule has 0 aromatic carbocycles. The molecular formula is C10H16O2. The van der Waals surface area contributed by atoms with Gasteiger partial charge in [0.2, 0.25) is 0 Å². The first-order valence-electron chi connectivity index (χ1n) is 4.03. The maximum absolute atomic E-state index is 10.4. The Hall–Kier alpha value is -1.05. The third kappa shape index (κ3) is 3.96. The van der Waals surface area contributed by atoms with Crippen molar-refractivity contribution in [3.63, 3.8) is 0 Å². The van der Waals surface area contributed by atoms with Crippen LogP contribution in [0.5, 0.6) is 0 Å². The zero-order chi connectivity index (χ0) is 9.72. The van der Waals surface area contributed by atoms with Crippen molar-refractivity contribution in [2.24, 2.45) is 5.92 Å². The van der Waals surface area contributed by atoms with Crippen molar-refractivity contribution in [3.05, 3.63) is 23.8 Å². The molecule has 0 heterocycles. The standard InChI is InChI=1S/C10H16O2/c1-7(2)8(3)5-6-9(4)10(11)12/h5,7H,4,6H2,1-3H3,(H,11,12). The van der Waals surface area contributed by atoms with Gasteiger partial charge in [-0.15, -0.1) is 0 Å². The molecule has 0 rings (SSSR count). The van der Waals surface area contributed by atoms with Gasteiger partial charge in [0, 0.05) is 5.57 Å². The quantitative estimate of drug-likeness (QED) is 0.517. The van der Waals surface area contributed by atoms with Crippen LogP contribution in [0.4, 0.5) is 0 Å². The van der Waals surface area contributed by atoms with Crippen LogP contribution in [0.1, 0.15) is 27.2 Å². The minimum atomic E-state index is -0.914. The highest BCUT2D eigenvalue weighted by Crippen LogP contribution is 2.11. The Labute approximate surface area is 73.6 Å². The van der Waals surface area contributed by atoms with Crippen LogP contribution in [0.3, 0.4) is 0 Å². The molecule has 2 nitrogen and oxygen atoms in total. The molecule has 2 heteroatoms. The highest BCUT2D eigenvalue weighted by Gasteiger charge is 2.02. The van der Waals surface area contributed by atoms with Crippen molar-refractivity contribution in [2.45, 2.75) is 27.2 Å². The Morgan fingerprint density at radius 3 is 2.42 bits per heavy atom. The van der Waals surface area contributed by atoms with E-state index in [2.05, 4.69) is 20.4 Å². The van der Waals surface area contributed by atoms with E-state index in [1.807, 2.05) is 13.0 Å². The summed E-state index contributed by atoms with van der Waals surface area (Å²) in [5.41, 5.74) is 1.45. The minimum absolute atomic E-state index is 0.245. The predicted octanol–water partition coefficient (Wildman–Crippen LogP) is 2.62. The summed E-state index contributed by atoms with van der Waals surface area (Å²) >= 11 is 0. The molecule has 0 atom stereocenters. The van der Waals surface area contributed by atoms with Crippen LogP contribution in [0.15, 0.2) is 23.8 Å². The number of carbonyl (C=O) groups is 1. The molecule has 0 amide bonds. The smallest absolute Gasteiger partial charge is 0.331 e. The Balaban J connectivity index is 4.05. The Kier molecular flexibility index (Phi) is 4.34. The largest absolute Gasteiger partial charge is 0.478 e. The normalized spacial score (nSPS) is 11.8. The molecule has 0 unspecified atom stereocenters. The van der Waals surface area contributed by atoms with E-state index < -0.39 is 5.97 Å². The molecule has 0 saturated heterocycles. The first kappa shape index (κ1) is 11.0. The van der Waals surface area contributed by atoms with Gasteiger partial charge in [-0.05, 0) is 19.3 Å². The highest BCUT2D eigenvalue weighted by atomic mass is 16.4. The van der Waals surface area contributed by atoms with Gasteiger partial charge in [0.1, 0.15) is 0 Å². The maximum Gasteiger partial charge on any atom is 0.331 e. The van der Waals surface area contributed by atoms with Crippen LogP contribution in [-0.2, 0) is 4.79 Å². The van der Waals surface area contributed by atoms with Gasteiger partial charge in [-0.25, -0.2) is 4.79 Å². The van der Waals surface area contributed by atoms with Crippen LogP contribution >= 0.6 is 0 Å². The van der Waals surface area contributed by atoms with Gasteiger partial charge in [0.15, 0.2) is 0 Å². The third-order valence-electron chi connectivity index (χ3n) is 1.88. The van der Waals surface area contributed by atoms with Crippen molar-refractivity contribution < 1.29 is 9.90 Å². The van der Waals surface area contributed by atoms with Crippen molar-refractivity contribution in [3.8, 4) is 0 Å². The van der Waals surface area contributed by atoms with Gasteiger partial charge in [-0.1, -0.05) is 32.1 Å². The Morgan fingerprint density at radius 2 is 2.08 bits per heavy atom. The molecule has 0 bridgehead atoms. The zero-order valence-corrected chi connectivity index (χ0v) is 7.92. The molecule has 0 spiro atoms. The van der Waals surface area contributed by atoms with Crippen LogP contribution in [0.25, 0.3) is 0 Å². The van der Waals surface area contributed by atoms with Crippen molar-refractivity contribution in [1.29, 1.82) is 0 Å². The fourth-order valence-corrected chi connectivity index (χ4v) is 0.607. The van der Waals surface area contributed by atoms with E-state index in [0.29, 0.717) is 12.3 Å². The Bertz CT molecular complexity index is 212. The van der Waals surface area contributed by atoms with Crippen LogP contribution in [0, 0.1) is 5.92 Å². The summed E-state index contributed by atoms with van der Waals surface area (Å²) < 4.78 is 0. The molecule has 0 aliphatic heterocycles. The van der Waals surface area contributed by atoms with E-state index in [9.17, 15) is 4.79 Å². The lowest BCUT2D eigenvalue weighted by molar-refractivity contribution is -0.132. The van der Waals surface area contributed by atoms with Crippen LogP contribution < -0.4 is 0 Å². The summed E-state index contributed by atoms with van der Waals surface area (Å²) in [4.78, 5) is 10.4. The average molecular weight is 168 g/mol. The fraction of sp³-hybridized carbons (Fsp3) is 0.500. The molecule has 0 saturated carbocycles. The number of aliphatic carboxylic acids is 1. The number of hydrogen-bond donors (Lipinski definition) is 1. The molecule has 0 aromatic heterocycles. The van der Waals surface area contributed by atoms with E-state index in [0.717, 1.165) is 0 Å². The second kappa shape index (κ2) is 4.75. The molecule has 68 valence electrons. The van der Waals surface area contributed by atoms with Crippen molar-refractivity contribution in [1.82, 2.24) is 0 Å². The summed E-state index contributed by atoms with van der Waals surface area (Å²) in [5.74, 6) is -0.436. The lowest BCUT2D eigenvalue weighted by Gasteiger charge is -2.04. The summed E-state index contributed by atoms with van der Waals surface area (Å²) in [7, 11) is 0. The van der Waals surface area contributed by atoms with Gasteiger partial charge in [0.05, 0.1) is 0 Å². The lowest BCUT2D eigenvalue weighted by Crippen LogP contribution is -1.98. The molecule has 0 fully saturated rings. The topological polar surface area (TPSA) is 37.3 Å². The van der Waals surface area contributed by atoms with Gasteiger partial charge < -0.3 is 5.11 Å². The first-order valence-corrected chi connectivity index (χ1v) is 4.03. The van der Waals surface area contributed by atoms with Gasteiger partial charge in [0.25, 0.3) is 0 Å². The lowest BCUT2D eigenvalue weighted by atomic mass is 10.0. The number of rotatable bonds is 4. The summed E-state index contributed by atoms with van der Waals surface area (Å²) in [6.07, 6.45) is 2.36. The van der Waals surface area contributed by atoms with E-state index >= 15 is 0 Å². The van der Waals surface area contributed by atoms with Gasteiger partial charge in [-0.3, -0.25) is 0 Å². The zero-order valence-electron chi connectivity index (χ0n) is 7.92. The molecule has 1 N–H and O–H groups in total. The van der Waals surface area contributed by atoms with Crippen LogP contribution in [0.2, 0.25) is 0 Å². The predicted molar refractivity (Wildman–Crippen MR) is 50.0 cm³/mol.